The molecule has 0 spiro atoms. The fraction of sp³-hybridized carbons (Fsp3) is 0.182. The zero-order chi connectivity index (χ0) is 13.3. The van der Waals surface area contributed by atoms with E-state index in [0.717, 1.165) is 20.3 Å². The topological polar surface area (TPSA) is 68.0 Å². The molecule has 0 fully saturated rings. The highest BCUT2D eigenvalue weighted by Gasteiger charge is 2.14. The highest BCUT2D eigenvalue weighted by atomic mass is 79.9. The molecule has 1 aromatic carbocycles. The van der Waals surface area contributed by atoms with Gasteiger partial charge in [0.2, 0.25) is 0 Å². The van der Waals surface area contributed by atoms with Crippen molar-refractivity contribution < 1.29 is 9.90 Å². The number of rotatable bonds is 3. The van der Waals surface area contributed by atoms with Crippen LogP contribution in [-0.2, 0) is 11.2 Å². The predicted octanol–water partition coefficient (Wildman–Crippen LogP) is 2.73. The zero-order valence-corrected chi connectivity index (χ0v) is 12.6. The summed E-state index contributed by atoms with van der Waals surface area (Å²) in [5.74, 6) is -0.917. The molecular formula is C11H9Br2N3O2. The molecule has 0 saturated carbocycles. The first kappa shape index (κ1) is 13.2. The molecule has 0 aliphatic carbocycles. The molecule has 0 radical (unpaired) electrons. The summed E-state index contributed by atoms with van der Waals surface area (Å²) in [6, 6.07) is 5.66. The minimum absolute atomic E-state index is 0.125. The first-order chi connectivity index (χ1) is 8.49. The number of carboxylic acids is 1. The van der Waals surface area contributed by atoms with Gasteiger partial charge in [0.15, 0.2) is 0 Å². The number of aliphatic carboxylic acids is 1. The number of nitrogens with zero attached hydrogens (tertiary/aromatic N) is 3. The molecule has 0 bridgehead atoms. The van der Waals surface area contributed by atoms with Gasteiger partial charge in [-0.3, -0.25) is 4.79 Å². The number of aromatic nitrogens is 3. The Hall–Kier alpha value is -1.21. The number of carboxylic acid groups (broad SMARTS) is 1. The number of hydrogen-bond acceptors (Lipinski definition) is 3. The van der Waals surface area contributed by atoms with Crippen LogP contribution in [-0.4, -0.2) is 26.1 Å². The molecule has 1 heterocycles. The molecule has 0 amide bonds. The minimum Gasteiger partial charge on any atom is -0.481 e. The summed E-state index contributed by atoms with van der Waals surface area (Å²) in [6.45, 7) is 1.80. The van der Waals surface area contributed by atoms with Crippen molar-refractivity contribution in [3.05, 3.63) is 38.5 Å². The summed E-state index contributed by atoms with van der Waals surface area (Å²) in [5.41, 5.74) is 2.01. The van der Waals surface area contributed by atoms with Crippen LogP contribution in [0.1, 0.15) is 11.4 Å². The Balaban J connectivity index is 2.45. The van der Waals surface area contributed by atoms with Crippen molar-refractivity contribution in [2.45, 2.75) is 13.3 Å². The molecule has 2 rings (SSSR count). The second kappa shape index (κ2) is 5.19. The van der Waals surface area contributed by atoms with Gasteiger partial charge in [0, 0.05) is 8.95 Å². The maximum absolute atomic E-state index is 10.7. The van der Waals surface area contributed by atoms with Crippen LogP contribution in [0.4, 0.5) is 0 Å². The second-order valence-electron chi connectivity index (χ2n) is 3.70. The van der Waals surface area contributed by atoms with E-state index in [2.05, 4.69) is 42.2 Å². The van der Waals surface area contributed by atoms with E-state index in [4.69, 9.17) is 5.11 Å². The summed E-state index contributed by atoms with van der Waals surface area (Å²) in [7, 11) is 0. The summed E-state index contributed by atoms with van der Waals surface area (Å²) in [6.07, 6.45) is -0.125. The van der Waals surface area contributed by atoms with Gasteiger partial charge in [-0.2, -0.15) is 0 Å². The van der Waals surface area contributed by atoms with Gasteiger partial charge in [0.1, 0.15) is 0 Å². The lowest BCUT2D eigenvalue weighted by Crippen LogP contribution is -2.04. The van der Waals surface area contributed by atoms with Gasteiger partial charge >= 0.3 is 5.97 Å². The molecule has 1 aromatic heterocycles. The third-order valence-corrected chi connectivity index (χ3v) is 3.58. The second-order valence-corrected chi connectivity index (χ2v) is 5.47. The molecule has 1 N–H and O–H groups in total. The van der Waals surface area contributed by atoms with Crippen LogP contribution in [0.5, 0.6) is 0 Å². The summed E-state index contributed by atoms with van der Waals surface area (Å²) >= 11 is 6.82. The monoisotopic (exact) mass is 373 g/mol. The number of benzene rings is 1. The molecule has 0 saturated heterocycles. The standard InChI is InChI=1S/C11H9Br2N3O2/c1-6-9(5-11(17)18)14-15-16(6)10-3-2-7(12)4-8(10)13/h2-4H,5H2,1H3,(H,17,18). The summed E-state index contributed by atoms with van der Waals surface area (Å²) < 4.78 is 3.42. The number of halogens is 2. The Morgan fingerprint density at radius 1 is 1.44 bits per heavy atom. The minimum atomic E-state index is -0.917. The summed E-state index contributed by atoms with van der Waals surface area (Å²) in [4.78, 5) is 10.7. The maximum atomic E-state index is 10.7. The molecular weight excluding hydrogens is 366 g/mol. The van der Waals surface area contributed by atoms with E-state index in [1.807, 2.05) is 18.2 Å². The van der Waals surface area contributed by atoms with Gasteiger partial charge < -0.3 is 5.11 Å². The molecule has 0 aliphatic rings. The van der Waals surface area contributed by atoms with Crippen molar-refractivity contribution >= 4 is 37.8 Å². The van der Waals surface area contributed by atoms with E-state index in [1.165, 1.54) is 0 Å². The maximum Gasteiger partial charge on any atom is 0.309 e. The smallest absolute Gasteiger partial charge is 0.309 e. The lowest BCUT2D eigenvalue weighted by Gasteiger charge is -2.06. The third-order valence-electron chi connectivity index (χ3n) is 2.45. The lowest BCUT2D eigenvalue weighted by molar-refractivity contribution is -0.136. The van der Waals surface area contributed by atoms with E-state index in [0.29, 0.717) is 5.69 Å². The van der Waals surface area contributed by atoms with E-state index in [-0.39, 0.29) is 6.42 Å². The SMILES string of the molecule is Cc1c(CC(=O)O)nnn1-c1ccc(Br)cc1Br. The Morgan fingerprint density at radius 2 is 2.17 bits per heavy atom. The predicted molar refractivity (Wildman–Crippen MR) is 72.8 cm³/mol. The molecule has 0 aliphatic heterocycles. The van der Waals surface area contributed by atoms with E-state index in [1.54, 1.807) is 11.6 Å². The van der Waals surface area contributed by atoms with Gasteiger partial charge in [-0.1, -0.05) is 21.1 Å². The highest BCUT2D eigenvalue weighted by Crippen LogP contribution is 2.25. The van der Waals surface area contributed by atoms with Gasteiger partial charge in [0.05, 0.1) is 23.5 Å². The summed E-state index contributed by atoms with van der Waals surface area (Å²) in [5, 5.41) is 16.7. The molecule has 0 unspecified atom stereocenters. The largest absolute Gasteiger partial charge is 0.481 e. The van der Waals surface area contributed by atoms with Gasteiger partial charge in [-0.05, 0) is 41.1 Å². The van der Waals surface area contributed by atoms with Crippen LogP contribution in [0.2, 0.25) is 0 Å². The van der Waals surface area contributed by atoms with Crippen molar-refractivity contribution in [3.63, 3.8) is 0 Å². The molecule has 0 atom stereocenters. The Labute approximate surface area is 120 Å². The highest BCUT2D eigenvalue weighted by molar-refractivity contribution is 9.11. The Bertz CT molecular complexity index is 610. The van der Waals surface area contributed by atoms with Crippen molar-refractivity contribution in [3.8, 4) is 5.69 Å². The van der Waals surface area contributed by atoms with Crippen molar-refractivity contribution in [1.82, 2.24) is 15.0 Å². The molecule has 94 valence electrons. The first-order valence-electron chi connectivity index (χ1n) is 5.07. The normalized spacial score (nSPS) is 10.6. The average Bonchev–Trinajstić information content (AvgIpc) is 2.60. The van der Waals surface area contributed by atoms with Crippen LogP contribution in [0.25, 0.3) is 5.69 Å². The Morgan fingerprint density at radius 3 is 2.78 bits per heavy atom. The van der Waals surface area contributed by atoms with Gasteiger partial charge in [0.25, 0.3) is 0 Å². The van der Waals surface area contributed by atoms with Crippen molar-refractivity contribution in [2.75, 3.05) is 0 Å². The lowest BCUT2D eigenvalue weighted by atomic mass is 10.2. The quantitative estimate of drug-likeness (QED) is 0.896. The van der Waals surface area contributed by atoms with Crippen LogP contribution in [0.3, 0.4) is 0 Å². The molecule has 2 aromatic rings. The van der Waals surface area contributed by atoms with Crippen molar-refractivity contribution in [2.24, 2.45) is 0 Å². The fourth-order valence-electron chi connectivity index (χ4n) is 1.55. The third kappa shape index (κ3) is 2.62. The molecule has 18 heavy (non-hydrogen) atoms. The van der Waals surface area contributed by atoms with Gasteiger partial charge in [-0.25, -0.2) is 4.68 Å². The van der Waals surface area contributed by atoms with E-state index in [9.17, 15) is 4.79 Å². The van der Waals surface area contributed by atoms with Crippen molar-refractivity contribution in [1.29, 1.82) is 0 Å². The average molecular weight is 375 g/mol. The van der Waals surface area contributed by atoms with E-state index < -0.39 is 5.97 Å². The fourth-order valence-corrected chi connectivity index (χ4v) is 2.76. The zero-order valence-electron chi connectivity index (χ0n) is 9.39. The van der Waals surface area contributed by atoms with E-state index >= 15 is 0 Å². The first-order valence-corrected chi connectivity index (χ1v) is 6.66. The number of carbonyl (C=O) groups is 1. The van der Waals surface area contributed by atoms with Crippen LogP contribution in [0.15, 0.2) is 27.1 Å². The number of hydrogen-bond donors (Lipinski definition) is 1. The van der Waals surface area contributed by atoms with Crippen LogP contribution < -0.4 is 0 Å². The van der Waals surface area contributed by atoms with Crippen LogP contribution >= 0.6 is 31.9 Å². The Kier molecular flexibility index (Phi) is 3.82. The molecule has 7 heteroatoms. The molecule has 5 nitrogen and oxygen atoms in total. The van der Waals surface area contributed by atoms with Crippen LogP contribution in [0, 0.1) is 6.92 Å². The van der Waals surface area contributed by atoms with Gasteiger partial charge in [-0.15, -0.1) is 5.10 Å².